The van der Waals surface area contributed by atoms with Crippen LogP contribution in [0.1, 0.15) is 45.4 Å². The van der Waals surface area contributed by atoms with Crippen molar-refractivity contribution in [2.75, 3.05) is 5.32 Å². The first-order valence-electron chi connectivity index (χ1n) is 8.12. The molecule has 3 nitrogen and oxygen atoms in total. The average Bonchev–Trinajstić information content (AvgIpc) is 3.05. The second-order valence-electron chi connectivity index (χ2n) is 6.50. The van der Waals surface area contributed by atoms with Crippen LogP contribution in [0.2, 0.25) is 0 Å². The molecule has 24 heavy (non-hydrogen) atoms. The summed E-state index contributed by atoms with van der Waals surface area (Å²) in [5.41, 5.74) is 4.59. The Hall–Kier alpha value is -2.07. The number of hydrogen-bond acceptors (Lipinski definition) is 2. The maximum absolute atomic E-state index is 11.5. The third kappa shape index (κ3) is 2.28. The van der Waals surface area contributed by atoms with Crippen LogP contribution in [-0.2, 0) is 0 Å². The van der Waals surface area contributed by atoms with Gasteiger partial charge >= 0.3 is 5.97 Å². The van der Waals surface area contributed by atoms with Gasteiger partial charge in [-0.3, -0.25) is 0 Å². The minimum atomic E-state index is -0.876. The number of benzene rings is 2. The molecule has 2 aliphatic rings. The molecule has 122 valence electrons. The fourth-order valence-corrected chi connectivity index (χ4v) is 4.61. The lowest BCUT2D eigenvalue weighted by Gasteiger charge is -2.39. The minimum Gasteiger partial charge on any atom is -0.478 e. The number of halogens is 1. The Morgan fingerprint density at radius 2 is 2.00 bits per heavy atom. The molecule has 0 bridgehead atoms. The summed E-state index contributed by atoms with van der Waals surface area (Å²) in [5.74, 6) is -0.0928. The normalized spacial score (nSPS) is 24.2. The van der Waals surface area contributed by atoms with Gasteiger partial charge < -0.3 is 10.4 Å². The van der Waals surface area contributed by atoms with E-state index >= 15 is 0 Å². The Bertz CT molecular complexity index is 859. The molecular formula is C20H18BrNO2. The van der Waals surface area contributed by atoms with Crippen LogP contribution in [0.5, 0.6) is 0 Å². The smallest absolute Gasteiger partial charge is 0.336 e. The van der Waals surface area contributed by atoms with E-state index in [0.29, 0.717) is 17.4 Å². The summed E-state index contributed by atoms with van der Waals surface area (Å²) in [6, 6.07) is 12.1. The highest BCUT2D eigenvalue weighted by atomic mass is 79.9. The molecule has 1 heterocycles. The van der Waals surface area contributed by atoms with Crippen LogP contribution >= 0.6 is 15.9 Å². The lowest BCUT2D eigenvalue weighted by Crippen LogP contribution is -2.30. The Balaban J connectivity index is 1.87. The molecule has 3 atom stereocenters. The second-order valence-corrected chi connectivity index (χ2v) is 7.36. The Labute approximate surface area is 149 Å². The summed E-state index contributed by atoms with van der Waals surface area (Å²) < 4.78 is 1.09. The molecule has 1 aliphatic carbocycles. The number of hydrogen-bond donors (Lipinski definition) is 2. The molecule has 0 saturated carbocycles. The first-order valence-corrected chi connectivity index (χ1v) is 8.91. The quantitative estimate of drug-likeness (QED) is 0.693. The van der Waals surface area contributed by atoms with Gasteiger partial charge in [-0.25, -0.2) is 4.79 Å². The predicted octanol–water partition coefficient (Wildman–Crippen LogP) is 5.28. The Morgan fingerprint density at radius 1 is 1.21 bits per heavy atom. The van der Waals surface area contributed by atoms with Crippen molar-refractivity contribution in [1.82, 2.24) is 0 Å². The number of carboxylic acid groups (broad SMARTS) is 1. The number of allylic oxidation sites excluding steroid dienone is 2. The van der Waals surface area contributed by atoms with E-state index in [1.807, 2.05) is 19.1 Å². The summed E-state index contributed by atoms with van der Waals surface area (Å²) in [6.07, 6.45) is 5.55. The van der Waals surface area contributed by atoms with E-state index in [2.05, 4.69) is 51.6 Å². The van der Waals surface area contributed by atoms with Crippen molar-refractivity contribution in [1.29, 1.82) is 0 Å². The summed E-state index contributed by atoms with van der Waals surface area (Å²) in [7, 11) is 0. The van der Waals surface area contributed by atoms with Crippen molar-refractivity contribution in [3.05, 3.63) is 75.3 Å². The monoisotopic (exact) mass is 383 g/mol. The molecule has 0 radical (unpaired) electrons. The van der Waals surface area contributed by atoms with Gasteiger partial charge in [-0.2, -0.15) is 0 Å². The zero-order valence-corrected chi connectivity index (χ0v) is 14.9. The maximum Gasteiger partial charge on any atom is 0.336 e. The van der Waals surface area contributed by atoms with E-state index in [4.69, 9.17) is 0 Å². The molecule has 0 amide bonds. The molecule has 2 aromatic carbocycles. The van der Waals surface area contributed by atoms with Gasteiger partial charge in [0.2, 0.25) is 0 Å². The van der Waals surface area contributed by atoms with Gasteiger partial charge in [-0.1, -0.05) is 52.3 Å². The van der Waals surface area contributed by atoms with Crippen LogP contribution in [0.3, 0.4) is 0 Å². The van der Waals surface area contributed by atoms with Crippen molar-refractivity contribution >= 4 is 27.6 Å². The zero-order chi connectivity index (χ0) is 16.8. The summed E-state index contributed by atoms with van der Waals surface area (Å²) >= 11 is 3.67. The van der Waals surface area contributed by atoms with E-state index in [1.54, 1.807) is 6.07 Å². The van der Waals surface area contributed by atoms with Crippen LogP contribution < -0.4 is 5.32 Å². The number of anilines is 1. The Kier molecular flexibility index (Phi) is 3.72. The number of carboxylic acids is 1. The van der Waals surface area contributed by atoms with Crippen LogP contribution in [0.25, 0.3) is 0 Å². The lowest BCUT2D eigenvalue weighted by atomic mass is 9.76. The number of carbonyl (C=O) groups is 1. The highest BCUT2D eigenvalue weighted by molar-refractivity contribution is 9.10. The van der Waals surface area contributed by atoms with Crippen LogP contribution in [0.15, 0.2) is 53.0 Å². The van der Waals surface area contributed by atoms with Crippen molar-refractivity contribution in [2.24, 2.45) is 5.92 Å². The van der Waals surface area contributed by atoms with E-state index in [0.717, 1.165) is 22.1 Å². The van der Waals surface area contributed by atoms with E-state index in [9.17, 15) is 9.90 Å². The van der Waals surface area contributed by atoms with E-state index in [1.165, 1.54) is 11.1 Å². The molecule has 1 aliphatic heterocycles. The molecule has 2 aromatic rings. The fourth-order valence-electron chi connectivity index (χ4n) is 4.08. The van der Waals surface area contributed by atoms with Crippen molar-refractivity contribution in [2.45, 2.75) is 25.3 Å². The molecule has 4 rings (SSSR count). The highest BCUT2D eigenvalue weighted by Gasteiger charge is 2.39. The number of fused-ring (bicyclic) bond motifs is 3. The third-order valence-corrected chi connectivity index (χ3v) is 5.99. The SMILES string of the molecule is Cc1c(C(=O)O)ccc2c1N[C@H](c1ccccc1Br)[C@@H]1CC=C[C@@H]21. The number of rotatable bonds is 2. The standard InChI is InChI=1S/C20H18BrNO2/c1-11-12(20(23)24)9-10-15-13-6-4-7-14(13)19(22-18(11)15)16-5-2-3-8-17(16)21/h2-6,8-10,13-14,19,22H,7H2,1H3,(H,23,24)/t13-,14-,19+/m1/s1. The largest absolute Gasteiger partial charge is 0.478 e. The van der Waals surface area contributed by atoms with Crippen molar-refractivity contribution in [3.63, 3.8) is 0 Å². The summed E-state index contributed by atoms with van der Waals surface area (Å²) in [5, 5.41) is 13.1. The van der Waals surface area contributed by atoms with Crippen LogP contribution in [0.4, 0.5) is 5.69 Å². The molecule has 2 N–H and O–H groups in total. The van der Waals surface area contributed by atoms with E-state index < -0.39 is 5.97 Å². The first-order chi connectivity index (χ1) is 11.6. The number of aromatic carboxylic acids is 1. The molecule has 0 saturated heterocycles. The second kappa shape index (κ2) is 5.78. The van der Waals surface area contributed by atoms with Gasteiger partial charge in [0.15, 0.2) is 0 Å². The molecule has 4 heteroatoms. The van der Waals surface area contributed by atoms with Gasteiger partial charge in [0, 0.05) is 16.1 Å². The van der Waals surface area contributed by atoms with Gasteiger partial charge in [-0.15, -0.1) is 0 Å². The Morgan fingerprint density at radius 3 is 2.75 bits per heavy atom. The van der Waals surface area contributed by atoms with Crippen LogP contribution in [-0.4, -0.2) is 11.1 Å². The topological polar surface area (TPSA) is 49.3 Å². The van der Waals surface area contributed by atoms with Gasteiger partial charge in [-0.05, 0) is 48.1 Å². The number of nitrogens with one attached hydrogen (secondary N) is 1. The minimum absolute atomic E-state index is 0.163. The predicted molar refractivity (Wildman–Crippen MR) is 98.6 cm³/mol. The van der Waals surface area contributed by atoms with Crippen LogP contribution in [0, 0.1) is 12.8 Å². The molecular weight excluding hydrogens is 366 g/mol. The maximum atomic E-state index is 11.5. The van der Waals surface area contributed by atoms with Gasteiger partial charge in [0.05, 0.1) is 11.6 Å². The summed E-state index contributed by atoms with van der Waals surface area (Å²) in [6.45, 7) is 1.89. The fraction of sp³-hybridized carbons (Fsp3) is 0.250. The van der Waals surface area contributed by atoms with E-state index in [-0.39, 0.29) is 6.04 Å². The van der Waals surface area contributed by atoms with Crippen molar-refractivity contribution < 1.29 is 9.90 Å². The molecule has 0 unspecified atom stereocenters. The van der Waals surface area contributed by atoms with Gasteiger partial charge in [0.1, 0.15) is 0 Å². The third-order valence-electron chi connectivity index (χ3n) is 5.27. The lowest BCUT2D eigenvalue weighted by molar-refractivity contribution is 0.0696. The average molecular weight is 384 g/mol. The first kappa shape index (κ1) is 15.5. The van der Waals surface area contributed by atoms with Gasteiger partial charge in [0.25, 0.3) is 0 Å². The zero-order valence-electron chi connectivity index (χ0n) is 13.3. The van der Waals surface area contributed by atoms with Crippen molar-refractivity contribution in [3.8, 4) is 0 Å². The molecule has 0 aromatic heterocycles. The molecule has 0 spiro atoms. The summed E-state index contributed by atoms with van der Waals surface area (Å²) in [4.78, 5) is 11.5. The highest BCUT2D eigenvalue weighted by Crippen LogP contribution is 2.51. The molecule has 0 fully saturated rings.